The summed E-state index contributed by atoms with van der Waals surface area (Å²) in [6.07, 6.45) is 1.13. The summed E-state index contributed by atoms with van der Waals surface area (Å²) < 4.78 is 27.0. The summed E-state index contributed by atoms with van der Waals surface area (Å²) in [5, 5.41) is 2.87. The molecule has 6 nitrogen and oxygen atoms in total. The molecular formula is C17H32ClN3O3S2. The third kappa shape index (κ3) is 7.92. The maximum absolute atomic E-state index is 12.7. The average Bonchev–Trinajstić information content (AvgIpc) is 2.95. The summed E-state index contributed by atoms with van der Waals surface area (Å²) in [4.78, 5) is 12.6. The minimum atomic E-state index is -3.51. The van der Waals surface area contributed by atoms with E-state index in [1.54, 1.807) is 13.1 Å². The van der Waals surface area contributed by atoms with Gasteiger partial charge in [-0.3, -0.25) is 4.79 Å². The molecule has 1 rings (SSSR count). The summed E-state index contributed by atoms with van der Waals surface area (Å²) in [6.45, 7) is 9.18. The lowest BCUT2D eigenvalue weighted by Gasteiger charge is -2.28. The van der Waals surface area contributed by atoms with Gasteiger partial charge in [-0.25, -0.2) is 8.42 Å². The van der Waals surface area contributed by atoms with E-state index < -0.39 is 10.0 Å². The summed E-state index contributed by atoms with van der Waals surface area (Å²) in [5.41, 5.74) is 5.42. The van der Waals surface area contributed by atoms with Crippen molar-refractivity contribution in [2.24, 2.45) is 17.1 Å². The molecule has 1 heterocycles. The molecule has 0 saturated carbocycles. The Kier molecular flexibility index (Phi) is 10.3. The Morgan fingerprint density at radius 1 is 1.35 bits per heavy atom. The number of halogens is 1. The van der Waals surface area contributed by atoms with E-state index in [1.807, 2.05) is 33.8 Å². The number of amides is 1. The van der Waals surface area contributed by atoms with E-state index in [9.17, 15) is 13.2 Å². The topological polar surface area (TPSA) is 92.5 Å². The lowest BCUT2D eigenvalue weighted by atomic mass is 9.94. The Morgan fingerprint density at radius 3 is 2.50 bits per heavy atom. The molecule has 3 N–H and O–H groups in total. The van der Waals surface area contributed by atoms with Gasteiger partial charge in [0.15, 0.2) is 0 Å². The van der Waals surface area contributed by atoms with Gasteiger partial charge in [0.2, 0.25) is 5.91 Å². The fourth-order valence-corrected chi connectivity index (χ4v) is 5.23. The monoisotopic (exact) mass is 425 g/mol. The summed E-state index contributed by atoms with van der Waals surface area (Å²) in [6, 6.07) is 3.45. The van der Waals surface area contributed by atoms with Crippen molar-refractivity contribution in [2.75, 3.05) is 26.7 Å². The van der Waals surface area contributed by atoms with E-state index in [0.717, 1.165) is 4.88 Å². The molecule has 0 aliphatic carbocycles. The van der Waals surface area contributed by atoms with Crippen LogP contribution in [0.15, 0.2) is 16.3 Å². The average molecular weight is 426 g/mol. The third-order valence-electron chi connectivity index (χ3n) is 3.79. The molecule has 0 spiro atoms. The van der Waals surface area contributed by atoms with Crippen LogP contribution in [-0.2, 0) is 21.2 Å². The van der Waals surface area contributed by atoms with Crippen LogP contribution in [0.4, 0.5) is 0 Å². The van der Waals surface area contributed by atoms with Crippen LogP contribution < -0.4 is 11.1 Å². The van der Waals surface area contributed by atoms with Gasteiger partial charge in [0.1, 0.15) is 4.21 Å². The van der Waals surface area contributed by atoms with E-state index in [-0.39, 0.29) is 23.7 Å². The van der Waals surface area contributed by atoms with Crippen LogP contribution in [0.2, 0.25) is 0 Å². The van der Waals surface area contributed by atoms with E-state index in [0.29, 0.717) is 42.6 Å². The third-order valence-corrected chi connectivity index (χ3v) is 7.21. The summed E-state index contributed by atoms with van der Waals surface area (Å²) in [7, 11) is -1.93. The molecule has 1 aromatic rings. The second-order valence-corrected chi connectivity index (χ2v) is 11.0. The molecule has 0 saturated heterocycles. The van der Waals surface area contributed by atoms with Gasteiger partial charge in [-0.15, -0.1) is 23.7 Å². The Hall–Kier alpha value is -0.670. The van der Waals surface area contributed by atoms with Crippen molar-refractivity contribution in [1.29, 1.82) is 0 Å². The summed E-state index contributed by atoms with van der Waals surface area (Å²) in [5.74, 6) is 0.356. The predicted octanol–water partition coefficient (Wildman–Crippen LogP) is 2.48. The zero-order valence-electron chi connectivity index (χ0n) is 16.2. The highest BCUT2D eigenvalue weighted by Crippen LogP contribution is 2.26. The molecule has 0 aliphatic rings. The quantitative estimate of drug-likeness (QED) is 0.602. The number of nitrogens with one attached hydrogen (secondary N) is 1. The Labute approximate surface area is 168 Å². The van der Waals surface area contributed by atoms with E-state index in [2.05, 4.69) is 5.32 Å². The van der Waals surface area contributed by atoms with Crippen molar-refractivity contribution < 1.29 is 13.2 Å². The molecule has 1 aromatic heterocycles. The van der Waals surface area contributed by atoms with Crippen molar-refractivity contribution >= 4 is 39.7 Å². The fourth-order valence-electron chi connectivity index (χ4n) is 2.31. The molecule has 0 bridgehead atoms. The van der Waals surface area contributed by atoms with Crippen molar-refractivity contribution in [3.8, 4) is 0 Å². The van der Waals surface area contributed by atoms with Gasteiger partial charge < -0.3 is 11.1 Å². The van der Waals surface area contributed by atoms with Crippen LogP contribution in [0, 0.1) is 11.3 Å². The maximum Gasteiger partial charge on any atom is 0.252 e. The van der Waals surface area contributed by atoms with Crippen molar-refractivity contribution in [3.63, 3.8) is 0 Å². The lowest BCUT2D eigenvalue weighted by molar-refractivity contribution is -0.121. The molecule has 0 fully saturated rings. The van der Waals surface area contributed by atoms with Crippen LogP contribution in [0.3, 0.4) is 0 Å². The Morgan fingerprint density at radius 2 is 1.96 bits per heavy atom. The number of carbonyl (C=O) groups is 1. The first-order valence-electron chi connectivity index (χ1n) is 8.50. The van der Waals surface area contributed by atoms with Crippen molar-refractivity contribution in [3.05, 3.63) is 17.0 Å². The van der Waals surface area contributed by atoms with Gasteiger partial charge >= 0.3 is 0 Å². The molecule has 0 atom stereocenters. The largest absolute Gasteiger partial charge is 0.356 e. The molecule has 0 unspecified atom stereocenters. The second-order valence-electron chi connectivity index (χ2n) is 7.55. The maximum atomic E-state index is 12.7. The molecular weight excluding hydrogens is 394 g/mol. The standard InChI is InChI=1S/C17H31N3O3S2.ClH/c1-13(2)10-15(21)19-9-8-14-6-7-16(24-14)25(22,23)20(5)12-17(3,4)11-18;/h6-7,13H,8-12,18H2,1-5H3,(H,19,21);1H. The SMILES string of the molecule is CC(C)CC(=O)NCCc1ccc(S(=O)(=O)N(C)CC(C)(C)CN)s1.Cl. The number of hydrogen-bond donors (Lipinski definition) is 2. The van der Waals surface area contributed by atoms with Crippen molar-refractivity contribution in [2.45, 2.75) is 44.7 Å². The lowest BCUT2D eigenvalue weighted by Crippen LogP contribution is -2.39. The van der Waals surface area contributed by atoms with Gasteiger partial charge in [-0.1, -0.05) is 27.7 Å². The highest BCUT2D eigenvalue weighted by molar-refractivity contribution is 7.91. The van der Waals surface area contributed by atoms with Crippen LogP contribution >= 0.6 is 23.7 Å². The molecule has 1 amide bonds. The first-order valence-corrected chi connectivity index (χ1v) is 10.8. The zero-order chi connectivity index (χ0) is 19.3. The molecule has 0 aromatic carbocycles. The minimum absolute atomic E-state index is 0. The number of sulfonamides is 1. The normalized spacial score (nSPS) is 12.3. The first kappa shape index (κ1) is 25.3. The molecule has 26 heavy (non-hydrogen) atoms. The molecule has 0 radical (unpaired) electrons. The smallest absolute Gasteiger partial charge is 0.252 e. The number of nitrogens with two attached hydrogens (primary N) is 1. The van der Waals surface area contributed by atoms with E-state index in [1.165, 1.54) is 15.6 Å². The van der Waals surface area contributed by atoms with Crippen LogP contribution in [-0.4, -0.2) is 45.3 Å². The zero-order valence-corrected chi connectivity index (χ0v) is 18.7. The van der Waals surface area contributed by atoms with E-state index in [4.69, 9.17) is 5.73 Å². The Bertz CT molecular complexity index is 673. The highest BCUT2D eigenvalue weighted by Gasteiger charge is 2.28. The molecule has 9 heteroatoms. The predicted molar refractivity (Wildman–Crippen MR) is 110 cm³/mol. The van der Waals surface area contributed by atoms with Gasteiger partial charge in [0, 0.05) is 31.4 Å². The van der Waals surface area contributed by atoms with Gasteiger partial charge in [-0.05, 0) is 36.4 Å². The number of hydrogen-bond acceptors (Lipinski definition) is 5. The highest BCUT2D eigenvalue weighted by atomic mass is 35.5. The van der Waals surface area contributed by atoms with E-state index >= 15 is 0 Å². The van der Waals surface area contributed by atoms with Crippen LogP contribution in [0.25, 0.3) is 0 Å². The number of thiophene rings is 1. The van der Waals surface area contributed by atoms with Crippen molar-refractivity contribution in [1.82, 2.24) is 9.62 Å². The number of carbonyl (C=O) groups excluding carboxylic acids is 1. The minimum Gasteiger partial charge on any atom is -0.356 e. The van der Waals surface area contributed by atoms with Gasteiger partial charge in [0.05, 0.1) is 0 Å². The number of nitrogens with zero attached hydrogens (tertiary/aromatic N) is 1. The number of rotatable bonds is 10. The Balaban J connectivity index is 0.00000625. The molecule has 152 valence electrons. The second kappa shape index (κ2) is 10.6. The van der Waals surface area contributed by atoms with Crippen LogP contribution in [0.1, 0.15) is 39.0 Å². The first-order chi connectivity index (χ1) is 11.5. The fraction of sp³-hybridized carbons (Fsp3) is 0.706. The summed E-state index contributed by atoms with van der Waals surface area (Å²) >= 11 is 1.26. The van der Waals surface area contributed by atoms with Gasteiger partial charge in [0.25, 0.3) is 10.0 Å². The van der Waals surface area contributed by atoms with Crippen LogP contribution in [0.5, 0.6) is 0 Å². The van der Waals surface area contributed by atoms with Gasteiger partial charge in [-0.2, -0.15) is 4.31 Å². The molecule has 0 aliphatic heterocycles.